The molecule has 0 saturated heterocycles. The van der Waals surface area contributed by atoms with Gasteiger partial charge in [-0.05, 0) is 5.56 Å². The van der Waals surface area contributed by atoms with Crippen LogP contribution in [0.4, 0.5) is 5.69 Å². The van der Waals surface area contributed by atoms with Crippen LogP contribution in [0.2, 0.25) is 0 Å². The molecule has 0 amide bonds. The fraction of sp³-hybridized carbons (Fsp3) is 0.0714. The van der Waals surface area contributed by atoms with Crippen LogP contribution in [0.5, 0.6) is 0 Å². The molecule has 1 atom stereocenters. The van der Waals surface area contributed by atoms with E-state index in [1.807, 2.05) is 35.0 Å². The molecule has 88 valence electrons. The van der Waals surface area contributed by atoms with Gasteiger partial charge in [-0.3, -0.25) is 4.57 Å². The second-order valence-corrected chi connectivity index (χ2v) is 4.32. The van der Waals surface area contributed by atoms with Gasteiger partial charge in [0.2, 0.25) is 5.88 Å². The molecule has 0 bridgehead atoms. The average molecular weight is 237 g/mol. The number of rotatable bonds is 1. The Morgan fingerprint density at radius 3 is 2.94 bits per heavy atom. The van der Waals surface area contributed by atoms with Crippen LogP contribution in [0.15, 0.2) is 59.6 Å². The molecule has 1 aliphatic heterocycles. The van der Waals surface area contributed by atoms with E-state index in [1.165, 1.54) is 5.56 Å². The Balaban J connectivity index is 1.90. The number of fused-ring (bicyclic) bond motifs is 3. The van der Waals surface area contributed by atoms with Crippen LogP contribution in [0.3, 0.4) is 0 Å². The van der Waals surface area contributed by atoms with Gasteiger partial charge in [0.25, 0.3) is 0 Å². The largest absolute Gasteiger partial charge is 0.446 e. The lowest BCUT2D eigenvalue weighted by atomic mass is 10.0. The highest BCUT2D eigenvalue weighted by atomic mass is 16.3. The summed E-state index contributed by atoms with van der Waals surface area (Å²) in [6, 6.07) is 12.4. The van der Waals surface area contributed by atoms with Crippen LogP contribution < -0.4 is 5.32 Å². The van der Waals surface area contributed by atoms with Gasteiger partial charge in [0.1, 0.15) is 12.0 Å². The van der Waals surface area contributed by atoms with E-state index in [9.17, 15) is 0 Å². The summed E-state index contributed by atoms with van der Waals surface area (Å²) in [5.74, 6) is 0.801. The molecule has 4 heteroatoms. The highest BCUT2D eigenvalue weighted by Gasteiger charge is 2.27. The predicted octanol–water partition coefficient (Wildman–Crippen LogP) is 2.98. The van der Waals surface area contributed by atoms with Crippen molar-refractivity contribution < 1.29 is 4.42 Å². The summed E-state index contributed by atoms with van der Waals surface area (Å²) in [6.45, 7) is 0. The van der Waals surface area contributed by atoms with E-state index in [2.05, 4.69) is 22.4 Å². The quantitative estimate of drug-likeness (QED) is 0.707. The molecule has 0 saturated carbocycles. The van der Waals surface area contributed by atoms with Gasteiger partial charge in [0, 0.05) is 6.07 Å². The standard InChI is InChI=1S/C14H11N3O/c1-2-4-10(5-3-1)13-12-8-15-9-17(12)14-11(16-13)6-7-18-14/h1-9,13,16H. The second kappa shape index (κ2) is 3.50. The number of nitrogens with zero attached hydrogens (tertiary/aromatic N) is 2. The molecule has 1 aliphatic rings. The summed E-state index contributed by atoms with van der Waals surface area (Å²) in [4.78, 5) is 4.22. The minimum atomic E-state index is 0.110. The van der Waals surface area contributed by atoms with Crippen LogP contribution in [0, 0.1) is 0 Å². The highest BCUT2D eigenvalue weighted by Crippen LogP contribution is 2.36. The van der Waals surface area contributed by atoms with E-state index >= 15 is 0 Å². The van der Waals surface area contributed by atoms with Gasteiger partial charge in [-0.1, -0.05) is 30.3 Å². The van der Waals surface area contributed by atoms with E-state index in [1.54, 1.807) is 12.6 Å². The zero-order valence-corrected chi connectivity index (χ0v) is 9.58. The summed E-state index contributed by atoms with van der Waals surface area (Å²) in [7, 11) is 0. The maximum absolute atomic E-state index is 5.49. The summed E-state index contributed by atoms with van der Waals surface area (Å²) < 4.78 is 7.47. The fourth-order valence-corrected chi connectivity index (χ4v) is 2.42. The Kier molecular flexibility index (Phi) is 1.85. The maximum Gasteiger partial charge on any atom is 0.228 e. The number of benzene rings is 1. The van der Waals surface area contributed by atoms with E-state index < -0.39 is 0 Å². The van der Waals surface area contributed by atoms with Gasteiger partial charge < -0.3 is 9.73 Å². The van der Waals surface area contributed by atoms with Crippen molar-refractivity contribution in [3.63, 3.8) is 0 Å². The molecule has 1 aromatic carbocycles. The Hall–Kier alpha value is -2.49. The molecule has 0 spiro atoms. The molecule has 1 unspecified atom stereocenters. The van der Waals surface area contributed by atoms with Crippen LogP contribution in [-0.2, 0) is 0 Å². The lowest BCUT2D eigenvalue weighted by molar-refractivity contribution is 0.527. The normalized spacial score (nSPS) is 16.8. The second-order valence-electron chi connectivity index (χ2n) is 4.32. The molecular weight excluding hydrogens is 226 g/mol. The first kappa shape index (κ1) is 9.53. The van der Waals surface area contributed by atoms with Crippen molar-refractivity contribution in [3.05, 3.63) is 66.4 Å². The van der Waals surface area contributed by atoms with Crippen molar-refractivity contribution in [2.75, 3.05) is 5.32 Å². The molecule has 2 aromatic heterocycles. The SMILES string of the molecule is c1ccc(C2Nc3ccoc3-n3cncc32)cc1. The van der Waals surface area contributed by atoms with Crippen molar-refractivity contribution in [2.45, 2.75) is 6.04 Å². The first-order valence-electron chi connectivity index (χ1n) is 5.85. The topological polar surface area (TPSA) is 43.0 Å². The lowest BCUT2D eigenvalue weighted by Gasteiger charge is -2.25. The molecule has 0 radical (unpaired) electrons. The summed E-state index contributed by atoms with van der Waals surface area (Å²) in [5, 5.41) is 3.48. The lowest BCUT2D eigenvalue weighted by Crippen LogP contribution is -2.20. The van der Waals surface area contributed by atoms with Gasteiger partial charge in [-0.25, -0.2) is 4.98 Å². The Morgan fingerprint density at radius 2 is 2.06 bits per heavy atom. The number of anilines is 1. The number of hydrogen-bond acceptors (Lipinski definition) is 3. The summed E-state index contributed by atoms with van der Waals surface area (Å²) >= 11 is 0. The number of aromatic nitrogens is 2. The monoisotopic (exact) mass is 237 g/mol. The summed E-state index contributed by atoms with van der Waals surface area (Å²) in [6.07, 6.45) is 5.35. The molecular formula is C14H11N3O. The first-order valence-corrected chi connectivity index (χ1v) is 5.85. The van der Waals surface area contributed by atoms with Gasteiger partial charge in [-0.2, -0.15) is 0 Å². The van der Waals surface area contributed by atoms with Gasteiger partial charge in [0.05, 0.1) is 24.2 Å². The number of furan rings is 1. The van der Waals surface area contributed by atoms with Crippen LogP contribution in [0.25, 0.3) is 5.88 Å². The molecule has 3 aromatic rings. The molecule has 18 heavy (non-hydrogen) atoms. The Labute approximate surface area is 104 Å². The molecule has 4 rings (SSSR count). The third kappa shape index (κ3) is 1.23. The summed E-state index contributed by atoms with van der Waals surface area (Å²) in [5.41, 5.74) is 3.30. The van der Waals surface area contributed by atoms with E-state index in [0.29, 0.717) is 0 Å². The van der Waals surface area contributed by atoms with Crippen molar-refractivity contribution in [3.8, 4) is 5.88 Å². The zero-order chi connectivity index (χ0) is 11.9. The third-order valence-corrected chi connectivity index (χ3v) is 3.26. The molecule has 4 nitrogen and oxygen atoms in total. The van der Waals surface area contributed by atoms with Crippen LogP contribution >= 0.6 is 0 Å². The maximum atomic E-state index is 5.49. The minimum Gasteiger partial charge on any atom is -0.446 e. The minimum absolute atomic E-state index is 0.110. The average Bonchev–Trinajstić information content (AvgIpc) is 3.06. The molecule has 1 N–H and O–H groups in total. The van der Waals surface area contributed by atoms with E-state index in [-0.39, 0.29) is 6.04 Å². The third-order valence-electron chi connectivity index (χ3n) is 3.26. The van der Waals surface area contributed by atoms with Crippen molar-refractivity contribution in [2.24, 2.45) is 0 Å². The van der Waals surface area contributed by atoms with Gasteiger partial charge >= 0.3 is 0 Å². The smallest absolute Gasteiger partial charge is 0.228 e. The Bertz CT molecular complexity index is 684. The Morgan fingerprint density at radius 1 is 1.17 bits per heavy atom. The van der Waals surface area contributed by atoms with E-state index in [4.69, 9.17) is 4.42 Å². The molecule has 3 heterocycles. The van der Waals surface area contributed by atoms with Crippen molar-refractivity contribution >= 4 is 5.69 Å². The van der Waals surface area contributed by atoms with Crippen molar-refractivity contribution in [1.82, 2.24) is 9.55 Å². The highest BCUT2D eigenvalue weighted by molar-refractivity contribution is 5.62. The fourth-order valence-electron chi connectivity index (χ4n) is 2.42. The van der Waals surface area contributed by atoms with Crippen LogP contribution in [0.1, 0.15) is 17.3 Å². The first-order chi connectivity index (χ1) is 8.93. The van der Waals surface area contributed by atoms with Gasteiger partial charge in [0.15, 0.2) is 0 Å². The predicted molar refractivity (Wildman–Crippen MR) is 67.7 cm³/mol. The number of nitrogens with one attached hydrogen (secondary N) is 1. The zero-order valence-electron chi connectivity index (χ0n) is 9.58. The van der Waals surface area contributed by atoms with Gasteiger partial charge in [-0.15, -0.1) is 0 Å². The van der Waals surface area contributed by atoms with Crippen LogP contribution in [-0.4, -0.2) is 9.55 Å². The van der Waals surface area contributed by atoms with E-state index in [0.717, 1.165) is 17.3 Å². The van der Waals surface area contributed by atoms with Crippen molar-refractivity contribution in [1.29, 1.82) is 0 Å². The molecule has 0 aliphatic carbocycles. The number of hydrogen-bond donors (Lipinski definition) is 1. The number of imidazole rings is 1. The molecule has 0 fully saturated rings.